The van der Waals surface area contributed by atoms with E-state index in [1.54, 1.807) is 6.20 Å². The van der Waals surface area contributed by atoms with Crippen LogP contribution < -0.4 is 4.74 Å². The van der Waals surface area contributed by atoms with E-state index in [1.807, 2.05) is 12.1 Å². The van der Waals surface area contributed by atoms with Gasteiger partial charge in [-0.2, -0.15) is 0 Å². The van der Waals surface area contributed by atoms with E-state index in [2.05, 4.69) is 35.9 Å². The van der Waals surface area contributed by atoms with E-state index < -0.39 is 0 Å². The zero-order valence-corrected chi connectivity index (χ0v) is 11.2. The number of ether oxygens (including phenoxy) is 1. The van der Waals surface area contributed by atoms with Crippen LogP contribution in [0.3, 0.4) is 0 Å². The highest BCUT2D eigenvalue weighted by Gasteiger charge is 2.06. The van der Waals surface area contributed by atoms with Crippen LogP contribution in [0.4, 0.5) is 0 Å². The van der Waals surface area contributed by atoms with E-state index >= 15 is 0 Å². The second-order valence-corrected chi connectivity index (χ2v) is 4.49. The minimum Gasteiger partial charge on any atom is -0.436 e. The molecule has 0 fully saturated rings. The van der Waals surface area contributed by atoms with Crippen molar-refractivity contribution in [2.75, 3.05) is 0 Å². The molecule has 0 N–H and O–H groups in total. The molecule has 0 aliphatic heterocycles. The van der Waals surface area contributed by atoms with Crippen LogP contribution in [0.2, 0.25) is 5.15 Å². The molecular formula is C14H15ClN2O. The summed E-state index contributed by atoms with van der Waals surface area (Å²) in [5, 5.41) is 0.267. The molecule has 0 aliphatic rings. The third kappa shape index (κ3) is 2.99. The molecule has 1 atom stereocenters. The van der Waals surface area contributed by atoms with Crippen molar-refractivity contribution in [1.82, 2.24) is 9.97 Å². The van der Waals surface area contributed by atoms with Crippen LogP contribution in [0.5, 0.6) is 11.6 Å². The lowest BCUT2D eigenvalue weighted by Crippen LogP contribution is -1.93. The fraction of sp³-hybridized carbons (Fsp3) is 0.286. The lowest BCUT2D eigenvalue weighted by atomic mass is 9.99. The zero-order valence-electron chi connectivity index (χ0n) is 10.4. The van der Waals surface area contributed by atoms with Gasteiger partial charge in [0.2, 0.25) is 0 Å². The van der Waals surface area contributed by atoms with Gasteiger partial charge in [0.15, 0.2) is 5.15 Å². The number of hydrogen-bond donors (Lipinski definition) is 0. The number of aromatic nitrogens is 2. The highest BCUT2D eigenvalue weighted by Crippen LogP contribution is 2.26. The van der Waals surface area contributed by atoms with Crippen molar-refractivity contribution < 1.29 is 4.74 Å². The molecule has 0 spiro atoms. The Labute approximate surface area is 112 Å². The van der Waals surface area contributed by atoms with Crippen LogP contribution in [0.1, 0.15) is 31.7 Å². The molecule has 18 heavy (non-hydrogen) atoms. The summed E-state index contributed by atoms with van der Waals surface area (Å²) in [6.07, 6.45) is 4.20. The summed E-state index contributed by atoms with van der Waals surface area (Å²) < 4.78 is 5.57. The molecule has 4 heteroatoms. The Morgan fingerprint density at radius 1 is 1.17 bits per heavy atom. The van der Waals surface area contributed by atoms with Crippen LogP contribution in [0, 0.1) is 0 Å². The summed E-state index contributed by atoms with van der Waals surface area (Å²) in [4.78, 5) is 7.94. The minimum absolute atomic E-state index is 0.267. The van der Waals surface area contributed by atoms with Gasteiger partial charge in [-0.05, 0) is 30.0 Å². The molecule has 0 radical (unpaired) electrons. The van der Waals surface area contributed by atoms with Crippen molar-refractivity contribution in [3.05, 3.63) is 47.4 Å². The van der Waals surface area contributed by atoms with Crippen molar-refractivity contribution in [3.63, 3.8) is 0 Å². The van der Waals surface area contributed by atoms with Crippen LogP contribution in [-0.2, 0) is 0 Å². The second-order valence-electron chi connectivity index (χ2n) is 4.13. The number of halogens is 1. The summed E-state index contributed by atoms with van der Waals surface area (Å²) in [6.45, 7) is 4.38. The summed E-state index contributed by atoms with van der Waals surface area (Å²) >= 11 is 5.88. The standard InChI is InChI=1S/C14H15ClN2O/c1-3-10(2)11-4-6-12(7-5-11)18-14-13(15)16-8-9-17-14/h4-10H,3H2,1-2H3. The van der Waals surface area contributed by atoms with Gasteiger partial charge in [-0.15, -0.1) is 0 Å². The highest BCUT2D eigenvalue weighted by atomic mass is 35.5. The topological polar surface area (TPSA) is 35.0 Å². The van der Waals surface area contributed by atoms with Crippen molar-refractivity contribution >= 4 is 11.6 Å². The van der Waals surface area contributed by atoms with E-state index in [0.717, 1.165) is 6.42 Å². The smallest absolute Gasteiger partial charge is 0.257 e. The Hall–Kier alpha value is -1.61. The van der Waals surface area contributed by atoms with Crippen LogP contribution in [-0.4, -0.2) is 9.97 Å². The number of hydrogen-bond acceptors (Lipinski definition) is 3. The quantitative estimate of drug-likeness (QED) is 0.817. The molecular weight excluding hydrogens is 248 g/mol. The molecule has 1 heterocycles. The molecule has 0 saturated heterocycles. The molecule has 0 bridgehead atoms. The fourth-order valence-electron chi connectivity index (χ4n) is 1.59. The van der Waals surface area contributed by atoms with Crippen molar-refractivity contribution in [2.24, 2.45) is 0 Å². The van der Waals surface area contributed by atoms with Crippen molar-refractivity contribution in [2.45, 2.75) is 26.2 Å². The lowest BCUT2D eigenvalue weighted by Gasteiger charge is -2.10. The predicted molar refractivity (Wildman–Crippen MR) is 72.3 cm³/mol. The van der Waals surface area contributed by atoms with Gasteiger partial charge in [0, 0.05) is 12.4 Å². The van der Waals surface area contributed by atoms with Crippen molar-refractivity contribution in [1.29, 1.82) is 0 Å². The Bertz CT molecular complexity index is 513. The van der Waals surface area contributed by atoms with Crippen LogP contribution in [0.15, 0.2) is 36.7 Å². The second kappa shape index (κ2) is 5.83. The minimum atomic E-state index is 0.267. The predicted octanol–water partition coefficient (Wildman–Crippen LogP) is 4.44. The Morgan fingerprint density at radius 2 is 1.83 bits per heavy atom. The molecule has 1 aromatic carbocycles. The Balaban J connectivity index is 2.14. The zero-order chi connectivity index (χ0) is 13.0. The first-order valence-electron chi connectivity index (χ1n) is 5.95. The number of benzene rings is 1. The summed E-state index contributed by atoms with van der Waals surface area (Å²) in [5.74, 6) is 1.60. The summed E-state index contributed by atoms with van der Waals surface area (Å²) in [6, 6.07) is 7.97. The lowest BCUT2D eigenvalue weighted by molar-refractivity contribution is 0.460. The first-order valence-corrected chi connectivity index (χ1v) is 6.32. The number of nitrogens with zero attached hydrogens (tertiary/aromatic N) is 2. The van der Waals surface area contributed by atoms with E-state index in [9.17, 15) is 0 Å². The molecule has 2 rings (SSSR count). The van der Waals surface area contributed by atoms with Crippen LogP contribution >= 0.6 is 11.6 Å². The van der Waals surface area contributed by atoms with Crippen LogP contribution in [0.25, 0.3) is 0 Å². The average Bonchev–Trinajstić information content (AvgIpc) is 2.41. The van der Waals surface area contributed by atoms with E-state index in [1.165, 1.54) is 11.8 Å². The third-order valence-corrected chi connectivity index (χ3v) is 3.16. The molecule has 1 unspecified atom stereocenters. The molecule has 94 valence electrons. The molecule has 0 aliphatic carbocycles. The maximum Gasteiger partial charge on any atom is 0.257 e. The largest absolute Gasteiger partial charge is 0.436 e. The monoisotopic (exact) mass is 262 g/mol. The summed E-state index contributed by atoms with van der Waals surface area (Å²) in [7, 11) is 0. The van der Waals surface area contributed by atoms with Crippen molar-refractivity contribution in [3.8, 4) is 11.6 Å². The SMILES string of the molecule is CCC(C)c1ccc(Oc2nccnc2Cl)cc1. The molecule has 2 aromatic rings. The molecule has 0 saturated carbocycles. The van der Waals surface area contributed by atoms with Gasteiger partial charge in [-0.1, -0.05) is 37.6 Å². The molecule has 0 amide bonds. The molecule has 3 nitrogen and oxygen atoms in total. The fourth-order valence-corrected chi connectivity index (χ4v) is 1.73. The first kappa shape index (κ1) is 12.8. The van der Waals surface area contributed by atoms with Gasteiger partial charge in [0.1, 0.15) is 5.75 Å². The highest BCUT2D eigenvalue weighted by molar-refractivity contribution is 6.30. The maximum absolute atomic E-state index is 5.88. The van der Waals surface area contributed by atoms with Gasteiger partial charge in [-0.3, -0.25) is 0 Å². The van der Waals surface area contributed by atoms with E-state index in [-0.39, 0.29) is 5.15 Å². The van der Waals surface area contributed by atoms with E-state index in [4.69, 9.17) is 16.3 Å². The van der Waals surface area contributed by atoms with Gasteiger partial charge >= 0.3 is 0 Å². The molecule has 1 aromatic heterocycles. The van der Waals surface area contributed by atoms with Gasteiger partial charge in [-0.25, -0.2) is 9.97 Å². The normalized spacial score (nSPS) is 12.2. The maximum atomic E-state index is 5.88. The third-order valence-electron chi connectivity index (χ3n) is 2.90. The Morgan fingerprint density at radius 3 is 2.44 bits per heavy atom. The van der Waals surface area contributed by atoms with E-state index in [0.29, 0.717) is 17.5 Å². The number of rotatable bonds is 4. The summed E-state index contributed by atoms with van der Waals surface area (Å²) in [5.41, 5.74) is 1.30. The van der Waals surface area contributed by atoms with Gasteiger partial charge in [0.25, 0.3) is 5.88 Å². The Kier molecular flexibility index (Phi) is 4.15. The first-order chi connectivity index (χ1) is 8.70. The van der Waals surface area contributed by atoms with Gasteiger partial charge in [0.05, 0.1) is 0 Å². The van der Waals surface area contributed by atoms with Gasteiger partial charge < -0.3 is 4.74 Å². The average molecular weight is 263 g/mol.